The Morgan fingerprint density at radius 2 is 1.94 bits per heavy atom. The van der Waals surface area contributed by atoms with E-state index in [1.807, 2.05) is 25.1 Å². The van der Waals surface area contributed by atoms with Crippen molar-refractivity contribution in [2.75, 3.05) is 0 Å². The van der Waals surface area contributed by atoms with Crippen molar-refractivity contribution in [3.05, 3.63) is 46.1 Å². The highest BCUT2D eigenvalue weighted by Gasteiger charge is 2.18. The number of rotatable bonds is 4. The molecule has 1 aromatic heterocycles. The van der Waals surface area contributed by atoms with E-state index < -0.39 is 0 Å². The van der Waals surface area contributed by atoms with Crippen LogP contribution in [-0.2, 0) is 6.54 Å². The molecule has 0 bridgehead atoms. The number of benzene rings is 1. The van der Waals surface area contributed by atoms with Crippen LogP contribution in [0, 0.1) is 6.92 Å². The molecule has 1 heterocycles. The molecule has 0 aliphatic heterocycles. The fraction of sp³-hybridized carbons (Fsp3) is 0.267. The maximum absolute atomic E-state index is 11.2. The lowest BCUT2D eigenvalue weighted by Crippen LogP contribution is -2.02. The van der Waals surface area contributed by atoms with Crippen molar-refractivity contribution in [1.29, 1.82) is 0 Å². The average Bonchev–Trinajstić information content (AvgIpc) is 2.62. The van der Waals surface area contributed by atoms with Gasteiger partial charge in [0.2, 0.25) is 0 Å². The Morgan fingerprint density at radius 1 is 1.28 bits per heavy atom. The first-order chi connectivity index (χ1) is 8.70. The van der Waals surface area contributed by atoms with Crippen LogP contribution >= 0.6 is 15.9 Å². The molecule has 18 heavy (non-hydrogen) atoms. The monoisotopic (exact) mass is 305 g/mol. The quantitative estimate of drug-likeness (QED) is 0.765. The number of nitrogens with zero attached hydrogens (tertiary/aromatic N) is 1. The summed E-state index contributed by atoms with van der Waals surface area (Å²) in [6.45, 7) is 5.06. The topological polar surface area (TPSA) is 22.0 Å². The third-order valence-electron chi connectivity index (χ3n) is 3.12. The highest BCUT2D eigenvalue weighted by molar-refractivity contribution is 9.10. The van der Waals surface area contributed by atoms with Crippen molar-refractivity contribution in [3.63, 3.8) is 0 Å². The largest absolute Gasteiger partial charge is 0.343 e. The molecule has 0 atom stereocenters. The van der Waals surface area contributed by atoms with E-state index in [1.165, 1.54) is 0 Å². The minimum atomic E-state index is 0.752. The zero-order valence-corrected chi connectivity index (χ0v) is 12.2. The molecule has 0 saturated carbocycles. The molecule has 2 nitrogen and oxygen atoms in total. The Morgan fingerprint density at radius 3 is 2.50 bits per heavy atom. The molecule has 3 heteroatoms. The van der Waals surface area contributed by atoms with E-state index in [2.05, 4.69) is 39.6 Å². The molecule has 0 aliphatic carbocycles. The van der Waals surface area contributed by atoms with Crippen LogP contribution in [0.5, 0.6) is 0 Å². The van der Waals surface area contributed by atoms with Crippen molar-refractivity contribution in [3.8, 4) is 11.3 Å². The second kappa shape index (κ2) is 5.53. The fourth-order valence-corrected chi connectivity index (χ4v) is 3.06. The van der Waals surface area contributed by atoms with Crippen molar-refractivity contribution in [1.82, 2.24) is 4.57 Å². The molecule has 0 unspecified atom stereocenters. The first-order valence-corrected chi connectivity index (χ1v) is 6.89. The summed E-state index contributed by atoms with van der Waals surface area (Å²) in [5.74, 6) is 0. The number of halogens is 1. The molecule has 1 aromatic carbocycles. The van der Waals surface area contributed by atoms with Crippen molar-refractivity contribution < 1.29 is 4.79 Å². The van der Waals surface area contributed by atoms with Crippen molar-refractivity contribution >= 4 is 22.2 Å². The van der Waals surface area contributed by atoms with E-state index in [4.69, 9.17) is 0 Å². The standard InChI is InChI=1S/C15H16BrNO/c1-3-9-17-11(2)13(10-18)14(16)15(17)12-7-5-4-6-8-12/h4-8,10H,3,9H2,1-2H3. The summed E-state index contributed by atoms with van der Waals surface area (Å²) >= 11 is 3.57. The van der Waals surface area contributed by atoms with Gasteiger partial charge in [0.15, 0.2) is 6.29 Å². The third kappa shape index (κ3) is 2.15. The Bertz CT molecular complexity index is 558. The van der Waals surface area contributed by atoms with E-state index in [9.17, 15) is 4.79 Å². The van der Waals surface area contributed by atoms with Gasteiger partial charge in [-0.25, -0.2) is 0 Å². The van der Waals surface area contributed by atoms with Crippen LogP contribution in [-0.4, -0.2) is 10.9 Å². The Balaban J connectivity index is 2.69. The van der Waals surface area contributed by atoms with Gasteiger partial charge < -0.3 is 4.57 Å². The second-order valence-electron chi connectivity index (χ2n) is 4.30. The number of aldehydes is 1. The van der Waals surface area contributed by atoms with Crippen LogP contribution in [0.1, 0.15) is 29.4 Å². The van der Waals surface area contributed by atoms with Gasteiger partial charge in [0, 0.05) is 17.8 Å². The van der Waals surface area contributed by atoms with Gasteiger partial charge in [-0.05, 0) is 34.8 Å². The fourth-order valence-electron chi connectivity index (χ4n) is 2.24. The Labute approximate surface area is 116 Å². The molecular formula is C15H16BrNO. The summed E-state index contributed by atoms with van der Waals surface area (Å²) in [5.41, 5.74) is 4.01. The first-order valence-electron chi connectivity index (χ1n) is 6.09. The van der Waals surface area contributed by atoms with Crippen LogP contribution in [0.2, 0.25) is 0 Å². The van der Waals surface area contributed by atoms with Crippen LogP contribution in [0.3, 0.4) is 0 Å². The average molecular weight is 306 g/mol. The maximum Gasteiger partial charge on any atom is 0.153 e. The molecule has 0 aliphatic rings. The van der Waals surface area contributed by atoms with Gasteiger partial charge in [0.25, 0.3) is 0 Å². The molecule has 2 rings (SSSR count). The molecule has 0 spiro atoms. The molecule has 0 amide bonds. The minimum absolute atomic E-state index is 0.752. The zero-order valence-electron chi connectivity index (χ0n) is 10.6. The van der Waals surface area contributed by atoms with E-state index in [0.29, 0.717) is 0 Å². The molecule has 0 N–H and O–H groups in total. The van der Waals surface area contributed by atoms with Gasteiger partial charge in [-0.15, -0.1) is 0 Å². The molecule has 2 aromatic rings. The predicted molar refractivity (Wildman–Crippen MR) is 78.0 cm³/mol. The van der Waals surface area contributed by atoms with E-state index in [0.717, 1.165) is 46.2 Å². The maximum atomic E-state index is 11.2. The number of hydrogen-bond acceptors (Lipinski definition) is 1. The molecule has 94 valence electrons. The molecule has 0 fully saturated rings. The lowest BCUT2D eigenvalue weighted by Gasteiger charge is -2.10. The van der Waals surface area contributed by atoms with Crippen LogP contribution in [0.4, 0.5) is 0 Å². The SMILES string of the molecule is CCCn1c(C)c(C=O)c(Br)c1-c1ccccc1. The van der Waals surface area contributed by atoms with Gasteiger partial charge >= 0.3 is 0 Å². The van der Waals surface area contributed by atoms with Gasteiger partial charge in [-0.2, -0.15) is 0 Å². The lowest BCUT2D eigenvalue weighted by molar-refractivity contribution is 0.112. The number of carbonyl (C=O) groups excluding carboxylic acids is 1. The third-order valence-corrected chi connectivity index (χ3v) is 3.92. The normalized spacial score (nSPS) is 10.6. The van der Waals surface area contributed by atoms with E-state index >= 15 is 0 Å². The van der Waals surface area contributed by atoms with Crippen LogP contribution in [0.25, 0.3) is 11.3 Å². The molecule has 0 saturated heterocycles. The summed E-state index contributed by atoms with van der Waals surface area (Å²) in [4.78, 5) is 11.2. The van der Waals surface area contributed by atoms with Gasteiger partial charge in [-0.1, -0.05) is 37.3 Å². The lowest BCUT2D eigenvalue weighted by atomic mass is 10.1. The van der Waals surface area contributed by atoms with Crippen molar-refractivity contribution in [2.45, 2.75) is 26.8 Å². The van der Waals surface area contributed by atoms with E-state index in [-0.39, 0.29) is 0 Å². The summed E-state index contributed by atoms with van der Waals surface area (Å²) < 4.78 is 3.11. The number of aromatic nitrogens is 1. The van der Waals surface area contributed by atoms with Gasteiger partial charge in [0.05, 0.1) is 10.2 Å². The Hall–Kier alpha value is -1.35. The first kappa shape index (κ1) is 13.1. The second-order valence-corrected chi connectivity index (χ2v) is 5.09. The van der Waals surface area contributed by atoms with Crippen molar-refractivity contribution in [2.24, 2.45) is 0 Å². The van der Waals surface area contributed by atoms with Crippen LogP contribution in [0.15, 0.2) is 34.8 Å². The summed E-state index contributed by atoms with van der Waals surface area (Å²) in [5, 5.41) is 0. The van der Waals surface area contributed by atoms with Gasteiger partial charge in [0.1, 0.15) is 0 Å². The Kier molecular flexibility index (Phi) is 4.02. The number of hydrogen-bond donors (Lipinski definition) is 0. The molecular weight excluding hydrogens is 290 g/mol. The molecule has 0 radical (unpaired) electrons. The summed E-state index contributed by atoms with van der Waals surface area (Å²) in [6, 6.07) is 10.2. The number of carbonyl (C=O) groups is 1. The van der Waals surface area contributed by atoms with Gasteiger partial charge in [-0.3, -0.25) is 4.79 Å². The summed E-state index contributed by atoms with van der Waals surface area (Å²) in [6.07, 6.45) is 1.97. The minimum Gasteiger partial charge on any atom is -0.343 e. The highest BCUT2D eigenvalue weighted by Crippen LogP contribution is 2.35. The summed E-state index contributed by atoms with van der Waals surface area (Å²) in [7, 11) is 0. The van der Waals surface area contributed by atoms with Crippen LogP contribution < -0.4 is 0 Å². The van der Waals surface area contributed by atoms with E-state index in [1.54, 1.807) is 0 Å². The predicted octanol–water partition coefficient (Wildman–Crippen LogP) is 4.45. The zero-order chi connectivity index (χ0) is 13.1. The highest BCUT2D eigenvalue weighted by atomic mass is 79.9. The smallest absolute Gasteiger partial charge is 0.153 e.